The Labute approximate surface area is 232 Å². The molecule has 39 heavy (non-hydrogen) atoms. The fourth-order valence-corrected chi connectivity index (χ4v) is 5.85. The molecule has 6 rings (SSSR count). The number of ketones is 1. The second kappa shape index (κ2) is 10.1. The van der Waals surface area contributed by atoms with Gasteiger partial charge in [-0.15, -0.1) is 0 Å². The van der Waals surface area contributed by atoms with E-state index in [0.29, 0.717) is 63.9 Å². The summed E-state index contributed by atoms with van der Waals surface area (Å²) in [6.45, 7) is 4.77. The quantitative estimate of drug-likeness (QED) is 0.135. The topological polar surface area (TPSA) is 98.2 Å². The number of hydrogen-bond donors (Lipinski definition) is 1. The second-order valence-corrected chi connectivity index (χ2v) is 10.3. The molecule has 3 aromatic carbocycles. The van der Waals surface area contributed by atoms with Crippen molar-refractivity contribution in [1.29, 1.82) is 0 Å². The first-order valence-corrected chi connectivity index (χ1v) is 13.2. The number of aromatic nitrogens is 1. The molecule has 1 unspecified atom stereocenters. The minimum atomic E-state index is -0.942. The molecule has 1 saturated heterocycles. The molecule has 8 nitrogen and oxygen atoms in total. The smallest absolute Gasteiger partial charge is 0.301 e. The van der Waals surface area contributed by atoms with Crippen molar-refractivity contribution in [3.63, 3.8) is 0 Å². The lowest BCUT2D eigenvalue weighted by Crippen LogP contribution is -2.29. The van der Waals surface area contributed by atoms with Crippen molar-refractivity contribution in [2.24, 2.45) is 0 Å². The zero-order valence-corrected chi connectivity index (χ0v) is 22.0. The molecule has 0 aliphatic carbocycles. The number of benzene rings is 3. The maximum absolute atomic E-state index is 13.5. The normalized spacial score (nSPS) is 18.0. The summed E-state index contributed by atoms with van der Waals surface area (Å²) in [6.07, 6.45) is 1.63. The number of anilines is 1. The van der Waals surface area contributed by atoms with E-state index < -0.39 is 17.7 Å². The fourth-order valence-electron chi connectivity index (χ4n) is 4.58. The molecule has 3 heterocycles. The number of aliphatic hydroxyl groups is 1. The lowest BCUT2D eigenvalue weighted by molar-refractivity contribution is -0.132. The van der Waals surface area contributed by atoms with Crippen LogP contribution in [-0.2, 0) is 9.59 Å². The minimum Gasteiger partial charge on any atom is -0.507 e. The third-order valence-corrected chi connectivity index (χ3v) is 7.62. The SMILES string of the molecule is C=CCOc1ccc(C2C(=C(O)c3ccc4c(c3)OCCO4)C(=O)C(=O)N2c2nc3ccc(Cl)cc3s2)cc1. The molecule has 1 fully saturated rings. The van der Waals surface area contributed by atoms with Gasteiger partial charge in [-0.2, -0.15) is 0 Å². The number of nitrogens with zero attached hydrogens (tertiary/aromatic N) is 2. The predicted molar refractivity (Wildman–Crippen MR) is 149 cm³/mol. The van der Waals surface area contributed by atoms with E-state index in [1.807, 2.05) is 0 Å². The summed E-state index contributed by atoms with van der Waals surface area (Å²) in [5, 5.41) is 12.3. The van der Waals surface area contributed by atoms with Crippen molar-refractivity contribution in [3.8, 4) is 17.2 Å². The molecule has 1 aromatic heterocycles. The number of aliphatic hydroxyl groups excluding tert-OH is 1. The first-order valence-electron chi connectivity index (χ1n) is 12.1. The average molecular weight is 561 g/mol. The predicted octanol–water partition coefficient (Wildman–Crippen LogP) is 5.91. The number of fused-ring (bicyclic) bond motifs is 2. The van der Waals surface area contributed by atoms with E-state index in [2.05, 4.69) is 11.6 Å². The molecule has 0 spiro atoms. The molecule has 0 radical (unpaired) electrons. The molecule has 2 aliphatic rings. The Bertz CT molecular complexity index is 1660. The number of carbonyl (C=O) groups excluding carboxylic acids is 2. The monoisotopic (exact) mass is 560 g/mol. The number of hydrogen-bond acceptors (Lipinski definition) is 8. The summed E-state index contributed by atoms with van der Waals surface area (Å²) in [7, 11) is 0. The van der Waals surface area contributed by atoms with Gasteiger partial charge in [-0.3, -0.25) is 14.5 Å². The van der Waals surface area contributed by atoms with Crippen molar-refractivity contribution < 1.29 is 28.9 Å². The molecular formula is C29H21ClN2O6S. The lowest BCUT2D eigenvalue weighted by Gasteiger charge is -2.23. The van der Waals surface area contributed by atoms with Crippen LogP contribution in [0.1, 0.15) is 17.2 Å². The average Bonchev–Trinajstić information content (AvgIpc) is 3.48. The number of thiazole rings is 1. The highest BCUT2D eigenvalue weighted by Gasteiger charge is 2.48. The third kappa shape index (κ3) is 4.49. The molecule has 196 valence electrons. The van der Waals surface area contributed by atoms with E-state index in [4.69, 9.17) is 25.8 Å². The van der Waals surface area contributed by atoms with Gasteiger partial charge in [0.2, 0.25) is 0 Å². The van der Waals surface area contributed by atoms with Gasteiger partial charge < -0.3 is 19.3 Å². The lowest BCUT2D eigenvalue weighted by atomic mass is 9.95. The molecule has 0 bridgehead atoms. The van der Waals surface area contributed by atoms with Gasteiger partial charge in [-0.25, -0.2) is 4.98 Å². The highest BCUT2D eigenvalue weighted by Crippen LogP contribution is 2.45. The number of Topliss-reactive ketones (excluding diaryl/α,β-unsaturated/α-hetero) is 1. The van der Waals surface area contributed by atoms with Crippen LogP contribution in [0, 0.1) is 0 Å². The van der Waals surface area contributed by atoms with Crippen LogP contribution in [0.3, 0.4) is 0 Å². The zero-order valence-electron chi connectivity index (χ0n) is 20.4. The molecule has 1 N–H and O–H groups in total. The summed E-state index contributed by atoms with van der Waals surface area (Å²) in [5.74, 6) is -0.361. The van der Waals surface area contributed by atoms with E-state index in [1.54, 1.807) is 66.7 Å². The van der Waals surface area contributed by atoms with Crippen molar-refractivity contribution in [1.82, 2.24) is 4.98 Å². The molecule has 4 aromatic rings. The van der Waals surface area contributed by atoms with Crippen LogP contribution in [-0.4, -0.2) is 41.6 Å². The van der Waals surface area contributed by atoms with Crippen molar-refractivity contribution in [2.45, 2.75) is 6.04 Å². The van der Waals surface area contributed by atoms with Gasteiger partial charge in [0.05, 0.1) is 21.8 Å². The summed E-state index contributed by atoms with van der Waals surface area (Å²) in [6, 6.07) is 16.1. The Morgan fingerprint density at radius 2 is 1.87 bits per heavy atom. The van der Waals surface area contributed by atoms with Crippen LogP contribution in [0.2, 0.25) is 5.02 Å². The van der Waals surface area contributed by atoms with Gasteiger partial charge in [-0.1, -0.05) is 47.7 Å². The summed E-state index contributed by atoms with van der Waals surface area (Å²) in [4.78, 5) is 33.0. The van der Waals surface area contributed by atoms with Gasteiger partial charge in [0.1, 0.15) is 31.3 Å². The zero-order chi connectivity index (χ0) is 27.1. The first kappa shape index (κ1) is 25.0. The standard InChI is InChI=1S/C29H21ClN2O6S/c1-2-11-36-19-7-3-16(4-8-19)25-24(26(33)17-5-10-21-22(14-17)38-13-12-37-21)27(34)28(35)32(25)29-31-20-9-6-18(30)15-23(20)39-29/h2-10,14-15,25,33H,1,11-13H2. The van der Waals surface area contributed by atoms with E-state index in [0.717, 1.165) is 4.70 Å². The van der Waals surface area contributed by atoms with Gasteiger partial charge in [0, 0.05) is 10.6 Å². The van der Waals surface area contributed by atoms with Gasteiger partial charge in [-0.05, 0) is 54.1 Å². The molecule has 0 saturated carbocycles. The van der Waals surface area contributed by atoms with E-state index in [-0.39, 0.29) is 11.3 Å². The van der Waals surface area contributed by atoms with E-state index >= 15 is 0 Å². The van der Waals surface area contributed by atoms with E-state index in [9.17, 15) is 14.7 Å². The summed E-state index contributed by atoms with van der Waals surface area (Å²) >= 11 is 7.40. The number of carbonyl (C=O) groups is 2. The summed E-state index contributed by atoms with van der Waals surface area (Å²) < 4.78 is 17.6. The number of amides is 1. The van der Waals surface area contributed by atoms with Gasteiger partial charge >= 0.3 is 5.91 Å². The fraction of sp³-hybridized carbons (Fsp3) is 0.138. The van der Waals surface area contributed by atoms with E-state index in [1.165, 1.54) is 16.2 Å². The first-order chi connectivity index (χ1) is 18.9. The highest BCUT2D eigenvalue weighted by molar-refractivity contribution is 7.22. The number of halogens is 1. The van der Waals surface area contributed by atoms with Crippen LogP contribution >= 0.6 is 22.9 Å². The molecule has 1 amide bonds. The largest absolute Gasteiger partial charge is 0.507 e. The third-order valence-electron chi connectivity index (χ3n) is 6.37. The van der Waals surface area contributed by atoms with Crippen molar-refractivity contribution >= 4 is 55.7 Å². The Morgan fingerprint density at radius 1 is 1.10 bits per heavy atom. The molecule has 10 heteroatoms. The van der Waals surface area contributed by atoms with Crippen LogP contribution in [0.15, 0.2) is 78.9 Å². The van der Waals surface area contributed by atoms with Gasteiger partial charge in [0.25, 0.3) is 5.78 Å². The van der Waals surface area contributed by atoms with Crippen LogP contribution in [0.5, 0.6) is 17.2 Å². The second-order valence-electron chi connectivity index (χ2n) is 8.80. The Kier molecular flexibility index (Phi) is 6.46. The van der Waals surface area contributed by atoms with Crippen LogP contribution < -0.4 is 19.1 Å². The maximum atomic E-state index is 13.5. The summed E-state index contributed by atoms with van der Waals surface area (Å²) in [5.41, 5.74) is 1.49. The van der Waals surface area contributed by atoms with Crippen LogP contribution in [0.25, 0.3) is 16.0 Å². The Balaban J connectivity index is 1.50. The van der Waals surface area contributed by atoms with Crippen molar-refractivity contribution in [2.75, 3.05) is 24.7 Å². The van der Waals surface area contributed by atoms with Crippen molar-refractivity contribution in [3.05, 3.63) is 95.0 Å². The number of rotatable bonds is 6. The van der Waals surface area contributed by atoms with Crippen LogP contribution in [0.4, 0.5) is 5.13 Å². The molecule has 2 aliphatic heterocycles. The molecule has 1 atom stereocenters. The Morgan fingerprint density at radius 3 is 2.64 bits per heavy atom. The van der Waals surface area contributed by atoms with Gasteiger partial charge in [0.15, 0.2) is 16.6 Å². The highest BCUT2D eigenvalue weighted by atomic mass is 35.5. The number of ether oxygens (including phenoxy) is 3. The Hall–Kier alpha value is -4.34. The molecular weight excluding hydrogens is 540 g/mol. The maximum Gasteiger partial charge on any atom is 0.301 e. The minimum absolute atomic E-state index is 0.0614.